The first kappa shape index (κ1) is 19.1. The number of unbranched alkanes of at least 4 members (excludes halogenated alkanes) is 1. The van der Waals surface area contributed by atoms with Gasteiger partial charge < -0.3 is 14.6 Å². The summed E-state index contributed by atoms with van der Waals surface area (Å²) in [7, 11) is 0. The van der Waals surface area contributed by atoms with Crippen LogP contribution in [0.4, 0.5) is 11.4 Å². The van der Waals surface area contributed by atoms with Crippen LogP contribution < -0.4 is 15.6 Å². The highest BCUT2D eigenvalue weighted by atomic mass is 16.3. The first-order valence-electron chi connectivity index (χ1n) is 10.3. The summed E-state index contributed by atoms with van der Waals surface area (Å²) in [6, 6.07) is 15.9. The lowest BCUT2D eigenvalue weighted by Crippen LogP contribution is -2.27. The van der Waals surface area contributed by atoms with Crippen molar-refractivity contribution < 1.29 is 14.0 Å². The van der Waals surface area contributed by atoms with Crippen molar-refractivity contribution in [2.24, 2.45) is 0 Å². The molecule has 2 heterocycles. The van der Waals surface area contributed by atoms with Gasteiger partial charge in [-0.2, -0.15) is 0 Å². The molecule has 6 nitrogen and oxygen atoms in total. The van der Waals surface area contributed by atoms with Crippen molar-refractivity contribution in [3.05, 3.63) is 82.2 Å². The number of carbonyl (C=O) groups is 2. The van der Waals surface area contributed by atoms with Crippen LogP contribution in [-0.2, 0) is 0 Å². The number of hydrogen-bond donors (Lipinski definition) is 1. The van der Waals surface area contributed by atoms with Gasteiger partial charge in [-0.05, 0) is 36.8 Å². The molecule has 3 aromatic carbocycles. The van der Waals surface area contributed by atoms with Crippen molar-refractivity contribution in [1.29, 1.82) is 0 Å². The van der Waals surface area contributed by atoms with Crippen LogP contribution in [0.25, 0.3) is 21.7 Å². The van der Waals surface area contributed by atoms with Gasteiger partial charge in [0.2, 0.25) is 5.43 Å². The second-order valence-electron chi connectivity index (χ2n) is 7.60. The van der Waals surface area contributed by atoms with Crippen LogP contribution in [0.2, 0.25) is 0 Å². The van der Waals surface area contributed by atoms with Crippen LogP contribution >= 0.6 is 0 Å². The molecule has 0 unspecified atom stereocenters. The van der Waals surface area contributed by atoms with Crippen molar-refractivity contribution in [3.63, 3.8) is 0 Å². The molecule has 0 saturated carbocycles. The molecular weight excluding hydrogens is 392 g/mol. The van der Waals surface area contributed by atoms with Gasteiger partial charge in [-0.1, -0.05) is 37.6 Å². The molecule has 0 radical (unpaired) electrons. The molecule has 1 N–H and O–H groups in total. The zero-order valence-corrected chi connectivity index (χ0v) is 17.0. The van der Waals surface area contributed by atoms with Crippen LogP contribution in [0.3, 0.4) is 0 Å². The number of rotatable bonds is 5. The number of nitrogens with zero attached hydrogens (tertiary/aromatic N) is 1. The minimum atomic E-state index is -0.549. The second kappa shape index (κ2) is 7.40. The van der Waals surface area contributed by atoms with E-state index in [1.807, 2.05) is 24.3 Å². The maximum atomic E-state index is 12.9. The molecule has 31 heavy (non-hydrogen) atoms. The van der Waals surface area contributed by atoms with Gasteiger partial charge in [0.15, 0.2) is 0 Å². The van der Waals surface area contributed by atoms with Crippen LogP contribution in [0.5, 0.6) is 0 Å². The third-order valence-electron chi connectivity index (χ3n) is 5.69. The Hall–Kier alpha value is -3.93. The molecule has 0 saturated heterocycles. The molecule has 6 heteroatoms. The smallest absolute Gasteiger partial charge is 0.262 e. The van der Waals surface area contributed by atoms with Crippen molar-refractivity contribution in [1.82, 2.24) is 0 Å². The number of hydrogen-bond acceptors (Lipinski definition) is 4. The zero-order valence-electron chi connectivity index (χ0n) is 17.0. The molecule has 1 aromatic heterocycles. The lowest BCUT2D eigenvalue weighted by atomic mass is 10.0. The van der Waals surface area contributed by atoms with E-state index in [0.717, 1.165) is 29.3 Å². The largest absolute Gasteiger partial charge is 0.463 e. The maximum Gasteiger partial charge on any atom is 0.262 e. The monoisotopic (exact) mass is 412 g/mol. The summed E-state index contributed by atoms with van der Waals surface area (Å²) in [4.78, 5) is 40.4. The predicted octanol–water partition coefficient (Wildman–Crippen LogP) is 4.96. The average Bonchev–Trinajstić information content (AvgIpc) is 3.07. The Morgan fingerprint density at radius 1 is 1.00 bits per heavy atom. The Morgan fingerprint density at radius 2 is 1.81 bits per heavy atom. The summed E-state index contributed by atoms with van der Waals surface area (Å²) in [6.07, 6.45) is 3.10. The molecule has 154 valence electrons. The van der Waals surface area contributed by atoms with E-state index in [0.29, 0.717) is 28.8 Å². The fourth-order valence-electron chi connectivity index (χ4n) is 4.12. The highest BCUT2D eigenvalue weighted by Crippen LogP contribution is 2.40. The van der Waals surface area contributed by atoms with E-state index in [1.54, 1.807) is 35.2 Å². The summed E-state index contributed by atoms with van der Waals surface area (Å²) in [5, 5.41) is 4.78. The molecule has 0 atom stereocenters. The number of nitrogens with one attached hydrogen (secondary N) is 1. The summed E-state index contributed by atoms with van der Waals surface area (Å²) < 4.78 is 5.47. The molecule has 0 spiro atoms. The first-order chi connectivity index (χ1) is 15.1. The lowest BCUT2D eigenvalue weighted by molar-refractivity contribution is 0.0990. The van der Waals surface area contributed by atoms with Crippen molar-refractivity contribution in [3.8, 4) is 0 Å². The van der Waals surface area contributed by atoms with E-state index in [1.165, 1.54) is 6.26 Å². The minimum Gasteiger partial charge on any atom is -0.463 e. The predicted molar refractivity (Wildman–Crippen MR) is 121 cm³/mol. The number of carbonyl (C=O) groups excluding carboxylic acids is 2. The van der Waals surface area contributed by atoms with Gasteiger partial charge in [0.1, 0.15) is 17.4 Å². The molecule has 0 aliphatic carbocycles. The fraction of sp³-hybridized carbons (Fsp3) is 0.160. The lowest BCUT2D eigenvalue weighted by Gasteiger charge is -2.17. The van der Waals surface area contributed by atoms with Crippen molar-refractivity contribution in [2.45, 2.75) is 19.8 Å². The van der Waals surface area contributed by atoms with E-state index in [4.69, 9.17) is 4.42 Å². The SMILES string of the molecule is CCCCN1C(=O)c2cccc3c(NC(=O)c4coc5ccccc5c4=O)ccc1c23. The van der Waals surface area contributed by atoms with Gasteiger partial charge >= 0.3 is 0 Å². The first-order valence-corrected chi connectivity index (χ1v) is 10.3. The third-order valence-corrected chi connectivity index (χ3v) is 5.69. The summed E-state index contributed by atoms with van der Waals surface area (Å²) >= 11 is 0. The molecule has 1 aliphatic heterocycles. The summed E-state index contributed by atoms with van der Waals surface area (Å²) in [6.45, 7) is 2.74. The number of anilines is 2. The van der Waals surface area contributed by atoms with Gasteiger partial charge in [0, 0.05) is 28.6 Å². The Bertz CT molecular complexity index is 1420. The Morgan fingerprint density at radius 3 is 2.65 bits per heavy atom. The van der Waals surface area contributed by atoms with Crippen LogP contribution in [0, 0.1) is 0 Å². The normalized spacial score (nSPS) is 12.7. The number of benzene rings is 3. The van der Waals surface area contributed by atoms with Crippen LogP contribution in [0.15, 0.2) is 70.1 Å². The molecule has 5 rings (SSSR count). The van der Waals surface area contributed by atoms with E-state index < -0.39 is 5.91 Å². The summed E-state index contributed by atoms with van der Waals surface area (Å²) in [5.41, 5.74) is 2.01. The molecule has 0 fully saturated rings. The Kier molecular flexibility index (Phi) is 4.55. The molecular formula is C25H20N2O4. The number of fused-ring (bicyclic) bond motifs is 1. The molecule has 1 aliphatic rings. The van der Waals surface area contributed by atoms with Gasteiger partial charge in [0.25, 0.3) is 11.8 Å². The highest BCUT2D eigenvalue weighted by Gasteiger charge is 2.30. The van der Waals surface area contributed by atoms with E-state index in [-0.39, 0.29) is 16.9 Å². The molecule has 0 bridgehead atoms. The fourth-order valence-corrected chi connectivity index (χ4v) is 4.12. The molecule has 2 amide bonds. The van der Waals surface area contributed by atoms with Crippen molar-refractivity contribution >= 4 is 44.9 Å². The Labute approximate surface area is 178 Å². The van der Waals surface area contributed by atoms with Gasteiger partial charge in [-0.3, -0.25) is 14.4 Å². The van der Waals surface area contributed by atoms with Gasteiger partial charge in [0.05, 0.1) is 11.1 Å². The van der Waals surface area contributed by atoms with Crippen LogP contribution in [-0.4, -0.2) is 18.4 Å². The maximum absolute atomic E-state index is 12.9. The second-order valence-corrected chi connectivity index (χ2v) is 7.60. The molecule has 4 aromatic rings. The van der Waals surface area contributed by atoms with E-state index in [2.05, 4.69) is 12.2 Å². The topological polar surface area (TPSA) is 79.6 Å². The zero-order chi connectivity index (χ0) is 21.5. The van der Waals surface area contributed by atoms with E-state index in [9.17, 15) is 14.4 Å². The average molecular weight is 412 g/mol. The number of amides is 2. The Balaban J connectivity index is 1.55. The number of para-hydroxylation sites is 1. The third kappa shape index (κ3) is 2.99. The van der Waals surface area contributed by atoms with E-state index >= 15 is 0 Å². The minimum absolute atomic E-state index is 0.0206. The standard InChI is InChI=1S/C25H20N2O4/c1-2-3-13-27-20-12-11-19(15-8-6-9-17(22(15)20)25(27)30)26-24(29)18-14-31-21-10-5-4-7-16(21)23(18)28/h4-12,14H,2-3,13H2,1H3,(H,26,29). The highest BCUT2D eigenvalue weighted by molar-refractivity contribution is 6.27. The quantitative estimate of drug-likeness (QED) is 0.502. The van der Waals surface area contributed by atoms with Crippen LogP contribution in [0.1, 0.15) is 40.5 Å². The van der Waals surface area contributed by atoms with Gasteiger partial charge in [-0.25, -0.2) is 0 Å². The van der Waals surface area contributed by atoms with Gasteiger partial charge in [-0.15, -0.1) is 0 Å². The van der Waals surface area contributed by atoms with Crippen molar-refractivity contribution in [2.75, 3.05) is 16.8 Å². The summed E-state index contributed by atoms with van der Waals surface area (Å²) in [5.74, 6) is -0.569.